The van der Waals surface area contributed by atoms with Crippen molar-refractivity contribution in [1.29, 1.82) is 0 Å². The van der Waals surface area contributed by atoms with Gasteiger partial charge in [-0.15, -0.1) is 0 Å². The van der Waals surface area contributed by atoms with Crippen molar-refractivity contribution >= 4 is 79.4 Å². The van der Waals surface area contributed by atoms with Crippen LogP contribution in [0, 0.1) is 10.7 Å². The summed E-state index contributed by atoms with van der Waals surface area (Å²) in [4.78, 5) is 12.3. The molecule has 0 unspecified atom stereocenters. The SMILES string of the molecule is COc1ccc(NC(=O)c2cc(I)cc(I)c2I)cc1. The number of carbonyl (C=O) groups is 1. The van der Waals surface area contributed by atoms with Gasteiger partial charge in [0.05, 0.1) is 12.7 Å². The minimum absolute atomic E-state index is 0.101. The van der Waals surface area contributed by atoms with Gasteiger partial charge in [-0.2, -0.15) is 0 Å². The van der Waals surface area contributed by atoms with Crippen molar-refractivity contribution in [2.75, 3.05) is 12.4 Å². The monoisotopic (exact) mass is 605 g/mol. The fourth-order valence-corrected chi connectivity index (χ4v) is 4.00. The number of benzene rings is 2. The first-order valence-corrected chi connectivity index (χ1v) is 8.85. The molecule has 1 amide bonds. The molecule has 0 fully saturated rings. The summed E-state index contributed by atoms with van der Waals surface area (Å²) in [5.41, 5.74) is 1.44. The lowest BCUT2D eigenvalue weighted by Gasteiger charge is -2.09. The zero-order valence-electron chi connectivity index (χ0n) is 10.4. The van der Waals surface area contributed by atoms with Gasteiger partial charge in [0.25, 0.3) is 5.91 Å². The van der Waals surface area contributed by atoms with Crippen LogP contribution >= 0.6 is 67.8 Å². The van der Waals surface area contributed by atoms with Crippen LogP contribution in [0.2, 0.25) is 0 Å². The third-order valence-corrected chi connectivity index (χ3v) is 6.25. The number of hydrogen-bond acceptors (Lipinski definition) is 2. The molecule has 2 aromatic rings. The maximum absolute atomic E-state index is 12.3. The van der Waals surface area contributed by atoms with Crippen molar-refractivity contribution < 1.29 is 9.53 Å². The van der Waals surface area contributed by atoms with Gasteiger partial charge < -0.3 is 10.1 Å². The van der Waals surface area contributed by atoms with Crippen LogP contribution in [0.5, 0.6) is 5.75 Å². The van der Waals surface area contributed by atoms with E-state index in [1.807, 2.05) is 36.4 Å². The number of ether oxygens (including phenoxy) is 1. The van der Waals surface area contributed by atoms with Crippen LogP contribution in [-0.2, 0) is 0 Å². The normalized spacial score (nSPS) is 10.2. The number of carbonyl (C=O) groups excluding carboxylic acids is 1. The van der Waals surface area contributed by atoms with Gasteiger partial charge in [-0.3, -0.25) is 4.79 Å². The third kappa shape index (κ3) is 3.97. The molecule has 0 spiro atoms. The molecule has 1 N–H and O–H groups in total. The highest BCUT2D eigenvalue weighted by Gasteiger charge is 2.13. The molecule has 0 aliphatic rings. The van der Waals surface area contributed by atoms with Gasteiger partial charge in [-0.05, 0) is 104 Å². The summed E-state index contributed by atoms with van der Waals surface area (Å²) in [6.45, 7) is 0. The van der Waals surface area contributed by atoms with Gasteiger partial charge >= 0.3 is 0 Å². The maximum atomic E-state index is 12.3. The minimum atomic E-state index is -0.101. The molecule has 3 nitrogen and oxygen atoms in total. The summed E-state index contributed by atoms with van der Waals surface area (Å²) >= 11 is 6.66. The first kappa shape index (κ1) is 16.3. The molecular weight excluding hydrogens is 595 g/mol. The second-order valence-corrected chi connectivity index (χ2v) is 7.42. The largest absolute Gasteiger partial charge is 0.497 e. The van der Waals surface area contributed by atoms with Gasteiger partial charge in [0.1, 0.15) is 5.75 Å². The summed E-state index contributed by atoms with van der Waals surface area (Å²) in [7, 11) is 1.61. The smallest absolute Gasteiger partial charge is 0.256 e. The zero-order valence-corrected chi connectivity index (χ0v) is 16.9. The number of anilines is 1. The topological polar surface area (TPSA) is 38.3 Å². The quantitative estimate of drug-likeness (QED) is 0.405. The molecule has 0 aliphatic carbocycles. The maximum Gasteiger partial charge on any atom is 0.256 e. The molecule has 0 aliphatic heterocycles. The molecule has 0 saturated carbocycles. The van der Waals surface area contributed by atoms with Crippen LogP contribution in [0.3, 0.4) is 0 Å². The van der Waals surface area contributed by atoms with Gasteiger partial charge in [-0.25, -0.2) is 0 Å². The summed E-state index contributed by atoms with van der Waals surface area (Å²) in [6, 6.07) is 11.2. The molecule has 0 saturated heterocycles. The van der Waals surface area contributed by atoms with Gasteiger partial charge in [0.2, 0.25) is 0 Å². The lowest BCUT2D eigenvalue weighted by atomic mass is 10.2. The van der Waals surface area contributed by atoms with E-state index in [2.05, 4.69) is 73.1 Å². The van der Waals surface area contributed by atoms with Crippen LogP contribution in [0.4, 0.5) is 5.69 Å². The number of halogens is 3. The molecule has 0 aromatic heterocycles. The third-order valence-electron chi connectivity index (χ3n) is 2.59. The average molecular weight is 605 g/mol. The van der Waals surface area contributed by atoms with E-state index in [1.165, 1.54) is 0 Å². The number of hydrogen-bond donors (Lipinski definition) is 1. The standard InChI is InChI=1S/C14H10I3NO2/c1-20-10-4-2-9(3-5-10)18-14(19)11-6-8(15)7-12(16)13(11)17/h2-7H,1H3,(H,18,19). The Kier molecular flexibility index (Phi) is 5.90. The fraction of sp³-hybridized carbons (Fsp3) is 0.0714. The van der Waals surface area contributed by atoms with E-state index in [-0.39, 0.29) is 5.91 Å². The Morgan fingerprint density at radius 1 is 1.10 bits per heavy atom. The van der Waals surface area contributed by atoms with Gasteiger partial charge in [0, 0.05) is 16.4 Å². The number of nitrogens with one attached hydrogen (secondary N) is 1. The molecule has 0 bridgehead atoms. The van der Waals surface area contributed by atoms with Crippen molar-refractivity contribution in [3.63, 3.8) is 0 Å². The van der Waals surface area contributed by atoms with E-state index in [4.69, 9.17) is 4.74 Å². The fourth-order valence-electron chi connectivity index (χ4n) is 1.59. The van der Waals surface area contributed by atoms with Crippen molar-refractivity contribution in [3.8, 4) is 5.75 Å². The van der Waals surface area contributed by atoms with E-state index in [1.54, 1.807) is 7.11 Å². The molecule has 0 heterocycles. The number of methoxy groups -OCH3 is 1. The second-order valence-electron chi connectivity index (χ2n) is 3.93. The van der Waals surface area contributed by atoms with Crippen LogP contribution in [0.15, 0.2) is 36.4 Å². The molecule has 0 radical (unpaired) electrons. The minimum Gasteiger partial charge on any atom is -0.497 e. The Hall–Kier alpha value is -0.100. The molecule has 104 valence electrons. The average Bonchev–Trinajstić information content (AvgIpc) is 2.43. The predicted molar refractivity (Wildman–Crippen MR) is 106 cm³/mol. The van der Waals surface area contributed by atoms with Crippen LogP contribution in [0.25, 0.3) is 0 Å². The Morgan fingerprint density at radius 3 is 2.35 bits per heavy atom. The number of rotatable bonds is 3. The van der Waals surface area contributed by atoms with Crippen molar-refractivity contribution in [3.05, 3.63) is 52.7 Å². The molecule has 0 atom stereocenters. The Bertz CT molecular complexity index is 642. The highest BCUT2D eigenvalue weighted by molar-refractivity contribution is 14.1. The predicted octanol–water partition coefficient (Wildman–Crippen LogP) is 4.76. The highest BCUT2D eigenvalue weighted by Crippen LogP contribution is 2.24. The van der Waals surface area contributed by atoms with Crippen molar-refractivity contribution in [1.82, 2.24) is 0 Å². The van der Waals surface area contributed by atoms with E-state index < -0.39 is 0 Å². The van der Waals surface area contributed by atoms with Crippen LogP contribution in [-0.4, -0.2) is 13.0 Å². The molecular formula is C14H10I3NO2. The van der Waals surface area contributed by atoms with Crippen molar-refractivity contribution in [2.24, 2.45) is 0 Å². The zero-order chi connectivity index (χ0) is 14.7. The van der Waals surface area contributed by atoms with E-state index in [0.717, 1.165) is 22.1 Å². The highest BCUT2D eigenvalue weighted by atomic mass is 127. The van der Waals surface area contributed by atoms with Gasteiger partial charge in [0.15, 0.2) is 0 Å². The first-order valence-electron chi connectivity index (χ1n) is 5.61. The van der Waals surface area contributed by atoms with E-state index in [9.17, 15) is 4.79 Å². The number of amides is 1. The molecule has 2 rings (SSSR count). The lowest BCUT2D eigenvalue weighted by Crippen LogP contribution is -2.14. The summed E-state index contributed by atoms with van der Waals surface area (Å²) < 4.78 is 8.19. The van der Waals surface area contributed by atoms with Crippen LogP contribution < -0.4 is 10.1 Å². The Labute approximate surface area is 158 Å². The Balaban J connectivity index is 2.23. The van der Waals surface area contributed by atoms with Crippen molar-refractivity contribution in [2.45, 2.75) is 0 Å². The van der Waals surface area contributed by atoms with Crippen LogP contribution in [0.1, 0.15) is 10.4 Å². The lowest BCUT2D eigenvalue weighted by molar-refractivity contribution is 0.102. The van der Waals surface area contributed by atoms with E-state index >= 15 is 0 Å². The summed E-state index contributed by atoms with van der Waals surface area (Å²) in [5.74, 6) is 0.664. The van der Waals surface area contributed by atoms with E-state index in [0.29, 0.717) is 5.56 Å². The van der Waals surface area contributed by atoms with Gasteiger partial charge in [-0.1, -0.05) is 0 Å². The first-order chi connectivity index (χ1) is 9.51. The Morgan fingerprint density at radius 2 is 1.75 bits per heavy atom. The molecule has 2 aromatic carbocycles. The summed E-state index contributed by atoms with van der Waals surface area (Å²) in [6.07, 6.45) is 0. The summed E-state index contributed by atoms with van der Waals surface area (Å²) in [5, 5.41) is 2.90. The molecule has 6 heteroatoms. The second kappa shape index (κ2) is 7.25. The molecule has 20 heavy (non-hydrogen) atoms.